The van der Waals surface area contributed by atoms with Crippen LogP contribution in [0.1, 0.15) is 5.82 Å². The Hall–Kier alpha value is -2.24. The van der Waals surface area contributed by atoms with E-state index in [2.05, 4.69) is 9.97 Å². The van der Waals surface area contributed by atoms with E-state index in [1.165, 1.54) is 12.1 Å². The van der Waals surface area contributed by atoms with Crippen molar-refractivity contribution in [1.82, 2.24) is 9.97 Å². The minimum absolute atomic E-state index is 0.112. The quantitative estimate of drug-likeness (QED) is 0.871. The highest BCUT2D eigenvalue weighted by Gasteiger charge is 2.08. The molecule has 2 N–H and O–H groups in total. The summed E-state index contributed by atoms with van der Waals surface area (Å²) >= 11 is 0. The Balaban J connectivity index is 2.31. The summed E-state index contributed by atoms with van der Waals surface area (Å²) < 4.78 is 31.1. The van der Waals surface area contributed by atoms with E-state index in [-0.39, 0.29) is 17.4 Å². The molecule has 2 rings (SSSR count). The molecule has 0 aliphatic heterocycles. The number of aryl methyl sites for hydroxylation is 1. The number of anilines is 1. The van der Waals surface area contributed by atoms with Gasteiger partial charge in [0.15, 0.2) is 11.6 Å². The van der Waals surface area contributed by atoms with Crippen LogP contribution in [0.3, 0.4) is 0 Å². The van der Waals surface area contributed by atoms with E-state index in [9.17, 15) is 8.78 Å². The van der Waals surface area contributed by atoms with Crippen LogP contribution in [0.4, 0.5) is 14.6 Å². The molecule has 0 unspecified atom stereocenters. The van der Waals surface area contributed by atoms with Crippen LogP contribution in [-0.2, 0) is 0 Å². The molecule has 0 atom stereocenters. The molecule has 1 heterocycles. The highest BCUT2D eigenvalue weighted by molar-refractivity contribution is 5.36. The van der Waals surface area contributed by atoms with Crippen LogP contribution in [0.25, 0.3) is 0 Å². The standard InChI is InChI=1S/C11H9F2N3O/c1-6-15-10(14)5-11(16-6)17-9-3-2-7(12)4-8(9)13/h2-5H,1H3,(H2,14,15,16). The van der Waals surface area contributed by atoms with Crippen LogP contribution >= 0.6 is 0 Å². The smallest absolute Gasteiger partial charge is 0.224 e. The molecule has 0 saturated carbocycles. The van der Waals surface area contributed by atoms with E-state index < -0.39 is 11.6 Å². The number of hydrogen-bond donors (Lipinski definition) is 1. The maximum atomic E-state index is 13.3. The minimum Gasteiger partial charge on any atom is -0.436 e. The summed E-state index contributed by atoms with van der Waals surface area (Å²) in [6, 6.07) is 4.36. The summed E-state index contributed by atoms with van der Waals surface area (Å²) in [4.78, 5) is 7.76. The van der Waals surface area contributed by atoms with Gasteiger partial charge in [-0.15, -0.1) is 0 Å². The monoisotopic (exact) mass is 237 g/mol. The van der Waals surface area contributed by atoms with Gasteiger partial charge in [0.2, 0.25) is 5.88 Å². The van der Waals surface area contributed by atoms with Crippen molar-refractivity contribution in [3.8, 4) is 11.6 Å². The first-order chi connectivity index (χ1) is 8.04. The number of rotatable bonds is 2. The third kappa shape index (κ3) is 2.66. The Morgan fingerprint density at radius 3 is 2.59 bits per heavy atom. The third-order valence-electron chi connectivity index (χ3n) is 1.94. The molecule has 0 aliphatic rings. The highest BCUT2D eigenvalue weighted by atomic mass is 19.1. The molecule has 0 bridgehead atoms. The molecule has 4 nitrogen and oxygen atoms in total. The van der Waals surface area contributed by atoms with Gasteiger partial charge in [0.1, 0.15) is 17.5 Å². The van der Waals surface area contributed by atoms with Crippen LogP contribution in [0.5, 0.6) is 11.6 Å². The molecule has 1 aromatic heterocycles. The number of aromatic nitrogens is 2. The normalized spacial score (nSPS) is 10.3. The number of nitrogens with zero attached hydrogens (tertiary/aromatic N) is 2. The summed E-state index contributed by atoms with van der Waals surface area (Å²) in [6.07, 6.45) is 0. The van der Waals surface area contributed by atoms with Crippen molar-refractivity contribution < 1.29 is 13.5 Å². The van der Waals surface area contributed by atoms with Crippen molar-refractivity contribution in [2.75, 3.05) is 5.73 Å². The Morgan fingerprint density at radius 2 is 1.94 bits per heavy atom. The van der Waals surface area contributed by atoms with E-state index in [1.54, 1.807) is 6.92 Å². The van der Waals surface area contributed by atoms with Crippen LogP contribution in [0, 0.1) is 18.6 Å². The zero-order valence-corrected chi connectivity index (χ0v) is 8.95. The molecule has 1 aromatic carbocycles. The first-order valence-corrected chi connectivity index (χ1v) is 4.78. The summed E-state index contributed by atoms with van der Waals surface area (Å²) in [5.74, 6) is -0.866. The van der Waals surface area contributed by atoms with Gasteiger partial charge in [-0.25, -0.2) is 13.8 Å². The van der Waals surface area contributed by atoms with Gasteiger partial charge in [-0.05, 0) is 19.1 Å². The maximum Gasteiger partial charge on any atom is 0.224 e. The lowest BCUT2D eigenvalue weighted by atomic mass is 10.3. The molecule has 2 aromatic rings. The average Bonchev–Trinajstić information content (AvgIpc) is 2.21. The molecule has 0 saturated heterocycles. The topological polar surface area (TPSA) is 61.0 Å². The predicted octanol–water partition coefficient (Wildman–Crippen LogP) is 2.44. The fourth-order valence-corrected chi connectivity index (χ4v) is 1.29. The summed E-state index contributed by atoms with van der Waals surface area (Å²) in [5, 5.41) is 0. The zero-order chi connectivity index (χ0) is 12.4. The zero-order valence-electron chi connectivity index (χ0n) is 8.95. The SMILES string of the molecule is Cc1nc(N)cc(Oc2ccc(F)cc2F)n1. The molecule has 88 valence electrons. The van der Waals surface area contributed by atoms with E-state index in [0.717, 1.165) is 12.1 Å². The van der Waals surface area contributed by atoms with Gasteiger partial charge in [0.25, 0.3) is 0 Å². The van der Waals surface area contributed by atoms with Gasteiger partial charge in [0, 0.05) is 12.1 Å². The first kappa shape index (κ1) is 11.3. The highest BCUT2D eigenvalue weighted by Crippen LogP contribution is 2.24. The molecule has 17 heavy (non-hydrogen) atoms. The second-order valence-electron chi connectivity index (χ2n) is 3.36. The minimum atomic E-state index is -0.806. The van der Waals surface area contributed by atoms with E-state index in [1.807, 2.05) is 0 Å². The average molecular weight is 237 g/mol. The number of halogens is 2. The maximum absolute atomic E-state index is 13.3. The Kier molecular flexibility index (Phi) is 2.86. The van der Waals surface area contributed by atoms with Crippen molar-refractivity contribution in [2.45, 2.75) is 6.92 Å². The van der Waals surface area contributed by atoms with E-state index in [0.29, 0.717) is 5.82 Å². The van der Waals surface area contributed by atoms with Gasteiger partial charge >= 0.3 is 0 Å². The van der Waals surface area contributed by atoms with Crippen molar-refractivity contribution in [3.05, 3.63) is 41.7 Å². The van der Waals surface area contributed by atoms with Crippen LogP contribution in [0.15, 0.2) is 24.3 Å². The summed E-state index contributed by atoms with van der Waals surface area (Å²) in [5.41, 5.74) is 5.49. The molecule has 0 spiro atoms. The molecule has 0 amide bonds. The lowest BCUT2D eigenvalue weighted by Crippen LogP contribution is -1.98. The number of benzene rings is 1. The Labute approximate surface area is 96.1 Å². The van der Waals surface area contributed by atoms with E-state index >= 15 is 0 Å². The van der Waals surface area contributed by atoms with E-state index in [4.69, 9.17) is 10.5 Å². The van der Waals surface area contributed by atoms with Gasteiger partial charge < -0.3 is 10.5 Å². The van der Waals surface area contributed by atoms with Gasteiger partial charge in [-0.1, -0.05) is 0 Å². The number of ether oxygens (including phenoxy) is 1. The van der Waals surface area contributed by atoms with Gasteiger partial charge in [-0.3, -0.25) is 0 Å². The van der Waals surface area contributed by atoms with Gasteiger partial charge in [-0.2, -0.15) is 4.98 Å². The molecule has 6 heteroatoms. The van der Waals surface area contributed by atoms with Crippen LogP contribution in [0.2, 0.25) is 0 Å². The lowest BCUT2D eigenvalue weighted by molar-refractivity contribution is 0.422. The third-order valence-corrected chi connectivity index (χ3v) is 1.94. The first-order valence-electron chi connectivity index (χ1n) is 4.78. The second-order valence-corrected chi connectivity index (χ2v) is 3.36. The second kappa shape index (κ2) is 4.32. The predicted molar refractivity (Wildman–Crippen MR) is 57.6 cm³/mol. The fraction of sp³-hybridized carbons (Fsp3) is 0.0909. The Bertz CT molecular complexity index is 540. The molecule has 0 fully saturated rings. The Morgan fingerprint density at radius 1 is 1.18 bits per heavy atom. The molecule has 0 radical (unpaired) electrons. The van der Waals surface area contributed by atoms with Gasteiger partial charge in [0.05, 0.1) is 0 Å². The lowest BCUT2D eigenvalue weighted by Gasteiger charge is -2.06. The largest absolute Gasteiger partial charge is 0.436 e. The fourth-order valence-electron chi connectivity index (χ4n) is 1.29. The number of hydrogen-bond acceptors (Lipinski definition) is 4. The molecular formula is C11H9F2N3O. The summed E-state index contributed by atoms with van der Waals surface area (Å²) in [6.45, 7) is 1.63. The van der Waals surface area contributed by atoms with Crippen molar-refractivity contribution in [1.29, 1.82) is 0 Å². The number of nitrogen functional groups attached to an aromatic ring is 1. The van der Waals surface area contributed by atoms with Crippen molar-refractivity contribution >= 4 is 5.82 Å². The van der Waals surface area contributed by atoms with Crippen LogP contribution in [-0.4, -0.2) is 9.97 Å². The van der Waals surface area contributed by atoms with Crippen LogP contribution < -0.4 is 10.5 Å². The summed E-state index contributed by atoms with van der Waals surface area (Å²) in [7, 11) is 0. The molecular weight excluding hydrogens is 228 g/mol. The van der Waals surface area contributed by atoms with Crippen molar-refractivity contribution in [2.24, 2.45) is 0 Å². The van der Waals surface area contributed by atoms with Crippen molar-refractivity contribution in [3.63, 3.8) is 0 Å². The molecule has 0 aliphatic carbocycles. The number of nitrogens with two attached hydrogens (primary N) is 1.